The summed E-state index contributed by atoms with van der Waals surface area (Å²) in [6.45, 7) is 3.44. The smallest absolute Gasteiger partial charge is 0.196 e. The summed E-state index contributed by atoms with van der Waals surface area (Å²) in [7, 11) is 0. The molecule has 3 aromatic rings. The van der Waals surface area contributed by atoms with E-state index in [4.69, 9.17) is 9.47 Å². The average molecular weight is 397 g/mol. The van der Waals surface area contributed by atoms with Crippen molar-refractivity contribution in [2.75, 3.05) is 19.0 Å². The van der Waals surface area contributed by atoms with Gasteiger partial charge in [0.1, 0.15) is 5.75 Å². The maximum Gasteiger partial charge on any atom is 0.196 e. The molecule has 0 saturated carbocycles. The molecule has 1 aliphatic heterocycles. The van der Waals surface area contributed by atoms with Crippen LogP contribution in [0.1, 0.15) is 26.2 Å². The highest BCUT2D eigenvalue weighted by atomic mass is 32.2. The summed E-state index contributed by atoms with van der Waals surface area (Å²) in [5.41, 5.74) is 1.85. The number of ether oxygens (including phenoxy) is 2. The van der Waals surface area contributed by atoms with Crippen LogP contribution in [0.3, 0.4) is 0 Å². The van der Waals surface area contributed by atoms with E-state index < -0.39 is 0 Å². The molecule has 0 amide bonds. The third-order valence-corrected chi connectivity index (χ3v) is 5.69. The molecule has 1 fully saturated rings. The number of benzene rings is 1. The Balaban J connectivity index is 1.72. The molecule has 0 aliphatic carbocycles. The number of rotatable bonds is 7. The Morgan fingerprint density at radius 3 is 2.89 bits per heavy atom. The second-order valence-electron chi connectivity index (χ2n) is 6.58. The molecule has 146 valence electrons. The van der Waals surface area contributed by atoms with Crippen molar-refractivity contribution in [3.8, 4) is 22.8 Å². The van der Waals surface area contributed by atoms with Crippen LogP contribution in [0.5, 0.6) is 5.75 Å². The first-order valence-corrected chi connectivity index (χ1v) is 10.7. The van der Waals surface area contributed by atoms with E-state index in [1.165, 1.54) is 6.42 Å². The molecule has 1 saturated heterocycles. The van der Waals surface area contributed by atoms with Crippen LogP contribution in [-0.4, -0.2) is 44.8 Å². The minimum atomic E-state index is 0.271. The molecule has 0 N–H and O–H groups in total. The van der Waals surface area contributed by atoms with Gasteiger partial charge in [-0.1, -0.05) is 23.9 Å². The predicted molar refractivity (Wildman–Crippen MR) is 110 cm³/mol. The quantitative estimate of drug-likeness (QED) is 0.552. The van der Waals surface area contributed by atoms with Gasteiger partial charge in [0, 0.05) is 30.3 Å². The molecule has 6 nitrogen and oxygen atoms in total. The molecule has 1 aliphatic rings. The van der Waals surface area contributed by atoms with Gasteiger partial charge >= 0.3 is 0 Å². The molecule has 3 heterocycles. The number of thioether (sulfide) groups is 1. The van der Waals surface area contributed by atoms with Crippen LogP contribution < -0.4 is 4.74 Å². The zero-order chi connectivity index (χ0) is 19.2. The summed E-state index contributed by atoms with van der Waals surface area (Å²) in [5.74, 6) is 2.43. The molecule has 7 heteroatoms. The van der Waals surface area contributed by atoms with Crippen molar-refractivity contribution in [2.45, 2.75) is 37.4 Å². The Morgan fingerprint density at radius 1 is 1.18 bits per heavy atom. The van der Waals surface area contributed by atoms with E-state index in [9.17, 15) is 0 Å². The van der Waals surface area contributed by atoms with Gasteiger partial charge in [-0.05, 0) is 50.5 Å². The zero-order valence-electron chi connectivity index (χ0n) is 16.0. The number of nitrogens with zero attached hydrogens (tertiary/aromatic N) is 4. The third kappa shape index (κ3) is 4.20. The van der Waals surface area contributed by atoms with Gasteiger partial charge in [-0.3, -0.25) is 9.55 Å². The highest BCUT2D eigenvalue weighted by molar-refractivity contribution is 7.99. The van der Waals surface area contributed by atoms with Gasteiger partial charge in [-0.25, -0.2) is 0 Å². The number of pyridine rings is 1. The molecule has 1 atom stereocenters. The molecule has 28 heavy (non-hydrogen) atoms. The van der Waals surface area contributed by atoms with Gasteiger partial charge in [0.05, 0.1) is 18.4 Å². The molecule has 2 aromatic heterocycles. The first-order chi connectivity index (χ1) is 13.9. The first-order valence-electron chi connectivity index (χ1n) is 9.69. The lowest BCUT2D eigenvalue weighted by molar-refractivity contribution is 0.0315. The van der Waals surface area contributed by atoms with Crippen molar-refractivity contribution < 1.29 is 9.47 Å². The van der Waals surface area contributed by atoms with E-state index in [0.717, 1.165) is 53.2 Å². The topological polar surface area (TPSA) is 62.1 Å². The Bertz CT molecular complexity index is 894. The monoisotopic (exact) mass is 396 g/mol. The summed E-state index contributed by atoms with van der Waals surface area (Å²) < 4.78 is 13.8. The van der Waals surface area contributed by atoms with Crippen LogP contribution in [0.4, 0.5) is 0 Å². The number of aromatic nitrogens is 4. The van der Waals surface area contributed by atoms with E-state index in [2.05, 4.69) is 19.7 Å². The Kier molecular flexibility index (Phi) is 6.24. The van der Waals surface area contributed by atoms with Crippen molar-refractivity contribution in [2.24, 2.45) is 0 Å². The standard InChI is InChI=1S/C21H24N4O2S/c1-2-26-19-11-4-3-10-18(19)25-20(16-8-7-12-22-14-16)23-24-21(25)28-15-17-9-5-6-13-27-17/h3-4,7-8,10-12,14,17H,2,5-6,9,13,15H2,1H3/t17-/m1/s1. The Morgan fingerprint density at radius 2 is 2.11 bits per heavy atom. The van der Waals surface area contributed by atoms with E-state index in [1.807, 2.05) is 49.5 Å². The first kappa shape index (κ1) is 19.0. The lowest BCUT2D eigenvalue weighted by atomic mass is 10.1. The maximum absolute atomic E-state index is 5.89. The number of para-hydroxylation sites is 2. The molecule has 1 aromatic carbocycles. The zero-order valence-corrected chi connectivity index (χ0v) is 16.8. The normalized spacial score (nSPS) is 16.8. The lowest BCUT2D eigenvalue weighted by Crippen LogP contribution is -2.21. The molecular formula is C21H24N4O2S. The molecule has 0 spiro atoms. The molecule has 0 bridgehead atoms. The summed E-state index contributed by atoms with van der Waals surface area (Å²) >= 11 is 1.68. The molecule has 4 rings (SSSR count). The minimum absolute atomic E-state index is 0.271. The summed E-state index contributed by atoms with van der Waals surface area (Å²) in [6.07, 6.45) is 7.33. The maximum atomic E-state index is 5.89. The minimum Gasteiger partial charge on any atom is -0.492 e. The van der Waals surface area contributed by atoms with Crippen LogP contribution in [0.25, 0.3) is 17.1 Å². The van der Waals surface area contributed by atoms with Gasteiger partial charge in [-0.15, -0.1) is 10.2 Å². The Labute approximate surface area is 169 Å². The van der Waals surface area contributed by atoms with Crippen molar-refractivity contribution >= 4 is 11.8 Å². The third-order valence-electron chi connectivity index (χ3n) is 4.63. The largest absolute Gasteiger partial charge is 0.492 e. The van der Waals surface area contributed by atoms with Crippen LogP contribution in [0.15, 0.2) is 53.9 Å². The summed E-state index contributed by atoms with van der Waals surface area (Å²) in [6, 6.07) is 11.9. The van der Waals surface area contributed by atoms with Crippen molar-refractivity contribution in [3.05, 3.63) is 48.8 Å². The number of hydrogen-bond acceptors (Lipinski definition) is 6. The van der Waals surface area contributed by atoms with E-state index >= 15 is 0 Å². The van der Waals surface area contributed by atoms with Gasteiger partial charge in [0.15, 0.2) is 11.0 Å². The predicted octanol–water partition coefficient (Wildman–Crippen LogP) is 4.39. The van der Waals surface area contributed by atoms with Crippen molar-refractivity contribution in [3.63, 3.8) is 0 Å². The SMILES string of the molecule is CCOc1ccccc1-n1c(SC[C@H]2CCCCO2)nnc1-c1cccnc1. The van der Waals surface area contributed by atoms with Crippen LogP contribution in [0.2, 0.25) is 0 Å². The summed E-state index contributed by atoms with van der Waals surface area (Å²) in [5, 5.41) is 9.81. The van der Waals surface area contributed by atoms with Gasteiger partial charge in [-0.2, -0.15) is 0 Å². The van der Waals surface area contributed by atoms with Gasteiger partial charge < -0.3 is 9.47 Å². The average Bonchev–Trinajstić information content (AvgIpc) is 3.18. The fourth-order valence-corrected chi connectivity index (χ4v) is 4.30. The number of hydrogen-bond donors (Lipinski definition) is 0. The highest BCUT2D eigenvalue weighted by Crippen LogP contribution is 2.33. The molecular weight excluding hydrogens is 372 g/mol. The van der Waals surface area contributed by atoms with Gasteiger partial charge in [0.2, 0.25) is 0 Å². The van der Waals surface area contributed by atoms with Gasteiger partial charge in [0.25, 0.3) is 0 Å². The van der Waals surface area contributed by atoms with Crippen LogP contribution in [0, 0.1) is 0 Å². The lowest BCUT2D eigenvalue weighted by Gasteiger charge is -2.22. The van der Waals surface area contributed by atoms with Crippen LogP contribution >= 0.6 is 11.8 Å². The van der Waals surface area contributed by atoms with Crippen LogP contribution in [-0.2, 0) is 4.74 Å². The van der Waals surface area contributed by atoms with Crippen molar-refractivity contribution in [1.29, 1.82) is 0 Å². The fourth-order valence-electron chi connectivity index (χ4n) is 3.29. The molecule has 0 radical (unpaired) electrons. The Hall–Kier alpha value is -2.38. The summed E-state index contributed by atoms with van der Waals surface area (Å²) in [4.78, 5) is 4.24. The van der Waals surface area contributed by atoms with E-state index in [0.29, 0.717) is 6.61 Å². The second-order valence-corrected chi connectivity index (χ2v) is 7.57. The highest BCUT2D eigenvalue weighted by Gasteiger charge is 2.21. The fraction of sp³-hybridized carbons (Fsp3) is 0.381. The van der Waals surface area contributed by atoms with E-state index in [-0.39, 0.29) is 6.10 Å². The molecule has 0 unspecified atom stereocenters. The van der Waals surface area contributed by atoms with E-state index in [1.54, 1.807) is 18.0 Å². The second kappa shape index (κ2) is 9.21. The van der Waals surface area contributed by atoms with Crippen molar-refractivity contribution in [1.82, 2.24) is 19.7 Å².